The van der Waals surface area contributed by atoms with E-state index in [0.29, 0.717) is 11.4 Å². The third-order valence-corrected chi connectivity index (χ3v) is 5.11. The Kier molecular flexibility index (Phi) is 6.20. The van der Waals surface area contributed by atoms with Crippen LogP contribution in [0.1, 0.15) is 12.5 Å². The lowest BCUT2D eigenvalue weighted by Crippen LogP contribution is -2.30. The van der Waals surface area contributed by atoms with Crippen molar-refractivity contribution in [2.24, 2.45) is 5.92 Å². The zero-order valence-electron chi connectivity index (χ0n) is 14.7. The molecule has 0 spiro atoms. The van der Waals surface area contributed by atoms with Crippen LogP contribution in [0.5, 0.6) is 5.75 Å². The lowest BCUT2D eigenvalue weighted by atomic mass is 10.1. The Hall–Kier alpha value is -2.61. The normalized spacial score (nSPS) is 12.3. The van der Waals surface area contributed by atoms with Crippen molar-refractivity contribution >= 4 is 27.3 Å². The van der Waals surface area contributed by atoms with Gasteiger partial charge in [-0.3, -0.25) is 9.52 Å². The van der Waals surface area contributed by atoms with Gasteiger partial charge < -0.3 is 10.1 Å². The average molecular weight is 380 g/mol. The van der Waals surface area contributed by atoms with E-state index in [-0.39, 0.29) is 5.69 Å². The molecule has 1 unspecified atom stereocenters. The van der Waals surface area contributed by atoms with Crippen LogP contribution in [0.25, 0.3) is 0 Å². The van der Waals surface area contributed by atoms with Crippen LogP contribution in [-0.4, -0.2) is 27.2 Å². The van der Waals surface area contributed by atoms with Crippen molar-refractivity contribution in [1.82, 2.24) is 0 Å². The molecular weight excluding hydrogens is 359 g/mol. The number of methoxy groups -OCH3 is 1. The molecule has 2 aromatic carbocycles. The van der Waals surface area contributed by atoms with Gasteiger partial charge in [-0.05, 0) is 42.8 Å². The molecule has 0 aliphatic heterocycles. The van der Waals surface area contributed by atoms with Crippen molar-refractivity contribution < 1.29 is 22.3 Å². The molecule has 0 aliphatic rings. The van der Waals surface area contributed by atoms with Crippen LogP contribution in [0, 0.1) is 18.7 Å². The fourth-order valence-corrected chi connectivity index (χ4v) is 3.73. The molecule has 0 aliphatic carbocycles. The number of halogens is 1. The van der Waals surface area contributed by atoms with Crippen LogP contribution in [0.4, 0.5) is 15.8 Å². The smallest absolute Gasteiger partial charge is 0.233 e. The summed E-state index contributed by atoms with van der Waals surface area (Å²) >= 11 is 0. The van der Waals surface area contributed by atoms with E-state index in [0.717, 1.165) is 11.6 Å². The summed E-state index contributed by atoms with van der Waals surface area (Å²) in [6, 6.07) is 10.4. The highest BCUT2D eigenvalue weighted by molar-refractivity contribution is 7.92. The van der Waals surface area contributed by atoms with Crippen LogP contribution < -0.4 is 14.8 Å². The summed E-state index contributed by atoms with van der Waals surface area (Å²) in [6.45, 7) is 3.37. The summed E-state index contributed by atoms with van der Waals surface area (Å²) in [6.07, 6.45) is 0. The number of amides is 1. The average Bonchev–Trinajstić information content (AvgIpc) is 2.54. The Balaban J connectivity index is 2.05. The van der Waals surface area contributed by atoms with Crippen molar-refractivity contribution in [3.63, 3.8) is 0 Å². The zero-order chi connectivity index (χ0) is 19.3. The molecule has 6 nitrogen and oxygen atoms in total. The first kappa shape index (κ1) is 19.7. The molecule has 0 bridgehead atoms. The number of carbonyl (C=O) groups excluding carboxylic acids is 1. The fourth-order valence-electron chi connectivity index (χ4n) is 2.35. The number of sulfonamides is 1. The maximum atomic E-state index is 13.2. The van der Waals surface area contributed by atoms with E-state index in [1.807, 2.05) is 13.0 Å². The molecule has 0 aromatic heterocycles. The SMILES string of the molecule is COc1ccc(C)cc1NC(=O)C(C)CS(=O)(=O)Nc1cccc(F)c1. The standard InChI is InChI=1S/C18H21FN2O4S/c1-12-7-8-17(25-3)16(9-12)20-18(22)13(2)11-26(23,24)21-15-6-4-5-14(19)10-15/h4-10,13,21H,11H2,1-3H3,(H,20,22). The zero-order valence-corrected chi connectivity index (χ0v) is 15.6. The molecule has 1 amide bonds. The minimum Gasteiger partial charge on any atom is -0.495 e. The summed E-state index contributed by atoms with van der Waals surface area (Å²) in [5, 5.41) is 2.68. The van der Waals surface area contributed by atoms with Crippen LogP contribution in [-0.2, 0) is 14.8 Å². The summed E-state index contributed by atoms with van der Waals surface area (Å²) in [5.74, 6) is -1.80. The summed E-state index contributed by atoms with van der Waals surface area (Å²) < 4.78 is 45.1. The number of hydrogen-bond donors (Lipinski definition) is 2. The maximum absolute atomic E-state index is 13.2. The molecule has 1 atom stereocenters. The molecule has 2 rings (SSSR count). The second-order valence-electron chi connectivity index (χ2n) is 5.99. The van der Waals surface area contributed by atoms with E-state index in [1.165, 1.54) is 32.2 Å². The highest BCUT2D eigenvalue weighted by Gasteiger charge is 2.22. The molecule has 26 heavy (non-hydrogen) atoms. The van der Waals surface area contributed by atoms with Crippen LogP contribution in [0.3, 0.4) is 0 Å². The van der Waals surface area contributed by atoms with Gasteiger partial charge in [0.15, 0.2) is 0 Å². The van der Waals surface area contributed by atoms with E-state index in [4.69, 9.17) is 4.74 Å². The molecule has 0 radical (unpaired) electrons. The van der Waals surface area contributed by atoms with E-state index in [1.54, 1.807) is 12.1 Å². The molecule has 140 valence electrons. The van der Waals surface area contributed by atoms with Gasteiger partial charge in [0, 0.05) is 0 Å². The summed E-state index contributed by atoms with van der Waals surface area (Å²) in [5.41, 5.74) is 1.51. The molecule has 0 heterocycles. The number of hydrogen-bond acceptors (Lipinski definition) is 4. The van der Waals surface area contributed by atoms with E-state index in [9.17, 15) is 17.6 Å². The highest BCUT2D eigenvalue weighted by atomic mass is 32.2. The van der Waals surface area contributed by atoms with E-state index in [2.05, 4.69) is 10.0 Å². The number of nitrogens with one attached hydrogen (secondary N) is 2. The van der Waals surface area contributed by atoms with Gasteiger partial charge in [0.2, 0.25) is 15.9 Å². The number of rotatable bonds is 7. The quantitative estimate of drug-likeness (QED) is 0.773. The second kappa shape index (κ2) is 8.18. The van der Waals surface area contributed by atoms with Gasteiger partial charge in [-0.25, -0.2) is 12.8 Å². The third-order valence-electron chi connectivity index (χ3n) is 3.63. The first-order chi connectivity index (χ1) is 12.2. The number of aryl methyl sites for hydroxylation is 1. The lowest BCUT2D eigenvalue weighted by Gasteiger charge is -2.16. The number of anilines is 2. The predicted octanol–water partition coefficient (Wildman–Crippen LogP) is 3.16. The highest BCUT2D eigenvalue weighted by Crippen LogP contribution is 2.26. The molecule has 0 saturated heterocycles. The third kappa shape index (κ3) is 5.45. The van der Waals surface area contributed by atoms with Crippen molar-refractivity contribution in [1.29, 1.82) is 0 Å². The first-order valence-electron chi connectivity index (χ1n) is 7.92. The Morgan fingerprint density at radius 3 is 2.62 bits per heavy atom. The van der Waals surface area contributed by atoms with Crippen LogP contribution >= 0.6 is 0 Å². The van der Waals surface area contributed by atoms with Crippen molar-refractivity contribution in [3.8, 4) is 5.75 Å². The van der Waals surface area contributed by atoms with Gasteiger partial charge >= 0.3 is 0 Å². The Bertz CT molecular complexity index is 900. The van der Waals surface area contributed by atoms with Gasteiger partial charge in [-0.2, -0.15) is 0 Å². The predicted molar refractivity (Wildman–Crippen MR) is 99.3 cm³/mol. The second-order valence-corrected chi connectivity index (χ2v) is 7.75. The van der Waals surface area contributed by atoms with Gasteiger partial charge in [0.25, 0.3) is 0 Å². The van der Waals surface area contributed by atoms with Gasteiger partial charge in [0.1, 0.15) is 11.6 Å². The van der Waals surface area contributed by atoms with Gasteiger partial charge in [-0.1, -0.05) is 19.1 Å². The van der Waals surface area contributed by atoms with Gasteiger partial charge in [0.05, 0.1) is 30.2 Å². The molecular formula is C18H21FN2O4S. The molecule has 2 aromatic rings. The molecule has 8 heteroatoms. The van der Waals surface area contributed by atoms with Crippen LogP contribution in [0.15, 0.2) is 42.5 Å². The fraction of sp³-hybridized carbons (Fsp3) is 0.278. The van der Waals surface area contributed by atoms with Gasteiger partial charge in [-0.15, -0.1) is 0 Å². The lowest BCUT2D eigenvalue weighted by molar-refractivity contribution is -0.118. The minimum absolute atomic E-state index is 0.109. The molecule has 0 fully saturated rings. The summed E-state index contributed by atoms with van der Waals surface area (Å²) in [7, 11) is -2.34. The van der Waals surface area contributed by atoms with E-state index < -0.39 is 33.4 Å². The Morgan fingerprint density at radius 2 is 1.96 bits per heavy atom. The largest absolute Gasteiger partial charge is 0.495 e. The van der Waals surface area contributed by atoms with Crippen molar-refractivity contribution in [2.75, 3.05) is 22.9 Å². The first-order valence-corrected chi connectivity index (χ1v) is 9.57. The van der Waals surface area contributed by atoms with E-state index >= 15 is 0 Å². The molecule has 2 N–H and O–H groups in total. The topological polar surface area (TPSA) is 84.5 Å². The van der Waals surface area contributed by atoms with Crippen molar-refractivity contribution in [2.45, 2.75) is 13.8 Å². The maximum Gasteiger partial charge on any atom is 0.233 e. The Morgan fingerprint density at radius 1 is 1.23 bits per heavy atom. The number of benzene rings is 2. The number of carbonyl (C=O) groups is 1. The Labute approximate surface area is 152 Å². The minimum atomic E-state index is -3.82. The van der Waals surface area contributed by atoms with Crippen LogP contribution in [0.2, 0.25) is 0 Å². The molecule has 0 saturated carbocycles. The monoisotopic (exact) mass is 380 g/mol. The summed E-state index contributed by atoms with van der Waals surface area (Å²) in [4.78, 5) is 12.4. The van der Waals surface area contributed by atoms with Crippen molar-refractivity contribution in [3.05, 3.63) is 53.8 Å². The number of ether oxygens (including phenoxy) is 1.